The largest absolute Gasteiger partial charge is 0.504 e. The van der Waals surface area contributed by atoms with Gasteiger partial charge in [0.15, 0.2) is 11.5 Å². The fourth-order valence-electron chi connectivity index (χ4n) is 6.36. The van der Waals surface area contributed by atoms with Gasteiger partial charge in [0.05, 0.1) is 7.11 Å². The van der Waals surface area contributed by atoms with Crippen molar-refractivity contribution in [2.24, 2.45) is 22.2 Å². The van der Waals surface area contributed by atoms with Gasteiger partial charge in [0, 0.05) is 5.56 Å². The van der Waals surface area contributed by atoms with E-state index in [2.05, 4.69) is 62.3 Å². The topological polar surface area (TPSA) is 83.8 Å². The highest BCUT2D eigenvalue weighted by Crippen LogP contribution is 2.58. The molecule has 1 aromatic rings. The van der Waals surface area contributed by atoms with Crippen LogP contribution in [0.15, 0.2) is 4.90 Å². The summed E-state index contributed by atoms with van der Waals surface area (Å²) in [6.07, 6.45) is 1.72. The van der Waals surface area contributed by atoms with Gasteiger partial charge in [-0.05, 0) is 65.9 Å². The lowest BCUT2D eigenvalue weighted by molar-refractivity contribution is 0.0765. The average molecular weight is 457 g/mol. The van der Waals surface area contributed by atoms with Gasteiger partial charge >= 0.3 is 0 Å². The van der Waals surface area contributed by atoms with Crippen molar-refractivity contribution in [3.8, 4) is 11.5 Å². The Kier molecular flexibility index (Phi) is 8.00. The summed E-state index contributed by atoms with van der Waals surface area (Å²) in [7, 11) is -3.12. The monoisotopic (exact) mass is 456 g/mol. The van der Waals surface area contributed by atoms with Gasteiger partial charge in [-0.2, -0.15) is 8.42 Å². The quantitative estimate of drug-likeness (QED) is 0.416. The molecule has 2 N–H and O–H groups in total. The zero-order valence-electron chi connectivity index (χ0n) is 21.6. The lowest BCUT2D eigenvalue weighted by atomic mass is 9.56. The minimum Gasteiger partial charge on any atom is -0.504 e. The fourth-order valence-corrected chi connectivity index (χ4v) is 7.39. The van der Waals surface area contributed by atoms with Crippen LogP contribution in [0.4, 0.5) is 0 Å². The van der Waals surface area contributed by atoms with Gasteiger partial charge < -0.3 is 9.84 Å². The molecule has 0 aliphatic heterocycles. The van der Waals surface area contributed by atoms with E-state index in [1.807, 2.05) is 0 Å². The summed E-state index contributed by atoms with van der Waals surface area (Å²) in [4.78, 5) is -0.188. The molecular formula is C25H44O5S. The first-order valence-electron chi connectivity index (χ1n) is 11.0. The molecule has 0 aliphatic rings. The van der Waals surface area contributed by atoms with Gasteiger partial charge in [0.25, 0.3) is 10.1 Å². The van der Waals surface area contributed by atoms with Crippen LogP contribution in [0.25, 0.3) is 0 Å². The lowest BCUT2D eigenvalue weighted by Gasteiger charge is -2.49. The van der Waals surface area contributed by atoms with Crippen LogP contribution in [0.3, 0.4) is 0 Å². The number of hydrogen-bond donors (Lipinski definition) is 2. The molecule has 0 amide bonds. The van der Waals surface area contributed by atoms with Crippen molar-refractivity contribution in [1.82, 2.24) is 0 Å². The number of ether oxygens (including phenoxy) is 1. The zero-order valence-corrected chi connectivity index (χ0v) is 22.4. The molecule has 0 aromatic heterocycles. The van der Waals surface area contributed by atoms with Gasteiger partial charge in [-0.15, -0.1) is 0 Å². The van der Waals surface area contributed by atoms with Crippen molar-refractivity contribution in [1.29, 1.82) is 0 Å². The Balaban J connectivity index is 4.20. The number of methoxy groups -OCH3 is 1. The number of phenolic OH excluding ortho intramolecular Hbond substituents is 1. The van der Waals surface area contributed by atoms with E-state index in [1.165, 1.54) is 14.0 Å². The molecular weight excluding hydrogens is 412 g/mol. The molecule has 6 heteroatoms. The molecule has 1 atom stereocenters. The SMILES string of the molecule is COc1c(C)c(C(C(C)(C)CC(C)C)C(C)(C)CC(C)(C)C)c(S(=O)(=O)O)c(C)c1O. The minimum absolute atomic E-state index is 0.0118. The van der Waals surface area contributed by atoms with Gasteiger partial charge in [-0.1, -0.05) is 62.3 Å². The number of benzene rings is 1. The third-order valence-corrected chi connectivity index (χ3v) is 7.18. The van der Waals surface area contributed by atoms with Crippen LogP contribution in [0.2, 0.25) is 0 Å². The van der Waals surface area contributed by atoms with Gasteiger partial charge in [-0.3, -0.25) is 4.55 Å². The molecule has 180 valence electrons. The van der Waals surface area contributed by atoms with Crippen LogP contribution < -0.4 is 4.74 Å². The maximum Gasteiger partial charge on any atom is 0.295 e. The maximum absolute atomic E-state index is 12.6. The van der Waals surface area contributed by atoms with E-state index in [9.17, 15) is 18.1 Å². The Labute approximate surface area is 190 Å². The number of aromatic hydroxyl groups is 1. The van der Waals surface area contributed by atoms with Crippen molar-refractivity contribution >= 4 is 10.1 Å². The zero-order chi connectivity index (χ0) is 24.7. The van der Waals surface area contributed by atoms with Gasteiger partial charge in [-0.25, -0.2) is 0 Å². The smallest absolute Gasteiger partial charge is 0.295 e. The van der Waals surface area contributed by atoms with Crippen molar-refractivity contribution in [3.05, 3.63) is 16.7 Å². The van der Waals surface area contributed by atoms with Crippen LogP contribution in [-0.4, -0.2) is 25.2 Å². The summed E-state index contributed by atoms with van der Waals surface area (Å²) in [5.74, 6) is 0.200. The second kappa shape index (κ2) is 8.93. The van der Waals surface area contributed by atoms with E-state index >= 15 is 0 Å². The number of hydrogen-bond acceptors (Lipinski definition) is 4. The second-order valence-electron chi connectivity index (χ2n) is 12.1. The minimum atomic E-state index is -4.59. The summed E-state index contributed by atoms with van der Waals surface area (Å²) < 4.78 is 41.1. The van der Waals surface area contributed by atoms with Crippen molar-refractivity contribution in [3.63, 3.8) is 0 Å². The Morgan fingerprint density at radius 1 is 0.935 bits per heavy atom. The molecule has 0 aliphatic carbocycles. The van der Waals surface area contributed by atoms with Gasteiger partial charge in [0.1, 0.15) is 4.90 Å². The van der Waals surface area contributed by atoms with Crippen molar-refractivity contribution in [2.75, 3.05) is 7.11 Å². The predicted molar refractivity (Wildman–Crippen MR) is 128 cm³/mol. The normalized spacial score (nSPS) is 14.8. The molecule has 0 saturated heterocycles. The van der Waals surface area contributed by atoms with Crippen LogP contribution in [0.5, 0.6) is 11.5 Å². The standard InChI is InChI=1S/C25H44O5S/c1-15(2)13-24(8,9)22(25(10,11)14-23(5,6)7)18-16(3)20(30-12)19(26)17(4)21(18)31(27,28)29/h15,22,26H,13-14H2,1-12H3,(H,27,28,29). The lowest BCUT2D eigenvalue weighted by Crippen LogP contribution is -2.39. The van der Waals surface area contributed by atoms with E-state index < -0.39 is 10.1 Å². The second-order valence-corrected chi connectivity index (χ2v) is 13.5. The highest BCUT2D eigenvalue weighted by atomic mass is 32.2. The Bertz CT molecular complexity index is 903. The molecule has 0 saturated carbocycles. The van der Waals surface area contributed by atoms with Crippen LogP contribution >= 0.6 is 0 Å². The van der Waals surface area contributed by atoms with Crippen molar-refractivity contribution < 1.29 is 22.8 Å². The summed E-state index contributed by atoms with van der Waals surface area (Å²) >= 11 is 0. The Morgan fingerprint density at radius 2 is 1.42 bits per heavy atom. The third kappa shape index (κ3) is 6.16. The molecule has 5 nitrogen and oxygen atoms in total. The number of phenols is 1. The predicted octanol–water partition coefficient (Wildman–Crippen LogP) is 6.88. The molecule has 0 radical (unpaired) electrons. The summed E-state index contributed by atoms with van der Waals surface area (Å²) in [5, 5.41) is 10.7. The summed E-state index contributed by atoms with van der Waals surface area (Å²) in [5.41, 5.74) is 0.641. The molecule has 0 heterocycles. The first kappa shape index (κ1) is 27.8. The van der Waals surface area contributed by atoms with Crippen molar-refractivity contribution in [2.45, 2.75) is 99.8 Å². The Morgan fingerprint density at radius 3 is 1.77 bits per heavy atom. The van der Waals surface area contributed by atoms with Crippen LogP contribution in [0, 0.1) is 36.0 Å². The Hall–Kier alpha value is -1.27. The molecule has 31 heavy (non-hydrogen) atoms. The molecule has 0 fully saturated rings. The highest BCUT2D eigenvalue weighted by molar-refractivity contribution is 7.86. The number of rotatable bonds is 8. The highest BCUT2D eigenvalue weighted by Gasteiger charge is 2.47. The van der Waals surface area contributed by atoms with Gasteiger partial charge in [0.2, 0.25) is 0 Å². The maximum atomic E-state index is 12.6. The van der Waals surface area contributed by atoms with E-state index in [4.69, 9.17) is 4.74 Å². The fraction of sp³-hybridized carbons (Fsp3) is 0.760. The van der Waals surface area contributed by atoms with Crippen LogP contribution in [0.1, 0.15) is 97.8 Å². The molecule has 0 spiro atoms. The summed E-state index contributed by atoms with van der Waals surface area (Å²) in [6.45, 7) is 22.8. The molecule has 1 unspecified atom stereocenters. The first-order valence-corrected chi connectivity index (χ1v) is 12.5. The van der Waals surface area contributed by atoms with Crippen LogP contribution in [-0.2, 0) is 10.1 Å². The molecule has 0 bridgehead atoms. The van der Waals surface area contributed by atoms with E-state index in [1.54, 1.807) is 6.92 Å². The molecule has 1 rings (SSSR count). The van der Waals surface area contributed by atoms with E-state index in [0.29, 0.717) is 17.0 Å². The van der Waals surface area contributed by atoms with E-state index in [0.717, 1.165) is 12.8 Å². The van der Waals surface area contributed by atoms with E-state index in [-0.39, 0.29) is 44.1 Å². The third-order valence-electron chi connectivity index (χ3n) is 6.13. The summed E-state index contributed by atoms with van der Waals surface area (Å²) in [6, 6.07) is 0. The first-order chi connectivity index (χ1) is 13.7. The molecule has 1 aromatic carbocycles. The average Bonchev–Trinajstić information content (AvgIpc) is 2.47.